The van der Waals surface area contributed by atoms with E-state index in [9.17, 15) is 5.11 Å². The zero-order valence-electron chi connectivity index (χ0n) is 44.3. The van der Waals surface area contributed by atoms with Gasteiger partial charge in [0.2, 0.25) is 0 Å². The number of benzene rings is 6. The van der Waals surface area contributed by atoms with Crippen molar-refractivity contribution in [1.29, 1.82) is 0 Å². The molecule has 6 aromatic carbocycles. The van der Waals surface area contributed by atoms with Crippen LogP contribution in [0.15, 0.2) is 132 Å². The first-order valence-corrected chi connectivity index (χ1v) is 24.8. The molecule has 0 fully saturated rings. The second kappa shape index (κ2) is 18.5. The van der Waals surface area contributed by atoms with Crippen molar-refractivity contribution in [1.82, 2.24) is 19.5 Å². The summed E-state index contributed by atoms with van der Waals surface area (Å²) in [5, 5.41) is 13.5. The third-order valence-electron chi connectivity index (χ3n) is 13.5. The van der Waals surface area contributed by atoms with Crippen LogP contribution in [0.2, 0.25) is 0 Å². The molecule has 3 aromatic heterocycles. The number of furan rings is 1. The molecular formula is C64H69N4O2Pt-. The topological polar surface area (TPSA) is 77.0 Å². The molecule has 0 aliphatic heterocycles. The summed E-state index contributed by atoms with van der Waals surface area (Å²) in [6, 6.07) is 46.9. The second-order valence-electron chi connectivity index (χ2n) is 24.6. The molecule has 0 aliphatic rings. The van der Waals surface area contributed by atoms with Crippen LogP contribution in [0.1, 0.15) is 132 Å². The third-order valence-corrected chi connectivity index (χ3v) is 13.5. The number of para-hydroxylation sites is 2. The molecule has 0 saturated heterocycles. The molecule has 0 bridgehead atoms. The van der Waals surface area contributed by atoms with E-state index in [0.29, 0.717) is 11.4 Å². The van der Waals surface area contributed by atoms with E-state index in [2.05, 4.69) is 236 Å². The van der Waals surface area contributed by atoms with Crippen LogP contribution in [0.4, 0.5) is 0 Å². The SMILES string of the molecule is CC(C)(C)Cc1ccc(-c2cccc3c(-c4[c-]c(-c5cccc6c5nc(-c5cc(C(C)(C)C)cc(C(C)(C)C)c5O)n6-c5ccc(C(C)(C)C)cc5-c5ccccc5)cc(C(C)(C)C)c4)ncnc23)o1.[Pt]. The number of hydrogen-bond donors (Lipinski definition) is 1. The van der Waals surface area contributed by atoms with Crippen molar-refractivity contribution in [2.24, 2.45) is 5.41 Å². The first-order valence-electron chi connectivity index (χ1n) is 24.8. The van der Waals surface area contributed by atoms with Crippen molar-refractivity contribution in [3.8, 4) is 67.7 Å². The van der Waals surface area contributed by atoms with Gasteiger partial charge in [-0.25, -0.2) is 9.97 Å². The van der Waals surface area contributed by atoms with Crippen LogP contribution in [-0.4, -0.2) is 24.6 Å². The number of fused-ring (bicyclic) bond motifs is 2. The van der Waals surface area contributed by atoms with Crippen molar-refractivity contribution < 1.29 is 30.6 Å². The summed E-state index contributed by atoms with van der Waals surface area (Å²) in [6.45, 7) is 33.4. The number of hydrogen-bond acceptors (Lipinski definition) is 5. The van der Waals surface area contributed by atoms with Gasteiger partial charge in [-0.1, -0.05) is 182 Å². The zero-order chi connectivity index (χ0) is 50.3. The van der Waals surface area contributed by atoms with Crippen molar-refractivity contribution in [3.05, 3.63) is 162 Å². The molecular weight excluding hydrogens is 1050 g/mol. The Bertz CT molecular complexity index is 3430. The molecule has 0 saturated carbocycles. The summed E-state index contributed by atoms with van der Waals surface area (Å²) in [7, 11) is 0. The van der Waals surface area contributed by atoms with Gasteiger partial charge >= 0.3 is 0 Å². The van der Waals surface area contributed by atoms with Crippen LogP contribution in [0, 0.1) is 11.5 Å². The van der Waals surface area contributed by atoms with E-state index in [0.717, 1.165) is 101 Å². The minimum absolute atomic E-state index is 0. The van der Waals surface area contributed by atoms with E-state index in [4.69, 9.17) is 19.4 Å². The molecule has 0 unspecified atom stereocenters. The number of phenolic OH excluding ortho intramolecular Hbond substituents is 1. The van der Waals surface area contributed by atoms with Crippen LogP contribution in [0.25, 0.3) is 83.8 Å². The molecule has 0 atom stereocenters. The molecule has 71 heavy (non-hydrogen) atoms. The van der Waals surface area contributed by atoms with Gasteiger partial charge in [0.1, 0.15) is 29.4 Å². The van der Waals surface area contributed by atoms with E-state index in [1.54, 1.807) is 6.33 Å². The minimum atomic E-state index is -0.344. The third kappa shape index (κ3) is 10.2. The van der Waals surface area contributed by atoms with Gasteiger partial charge in [0.25, 0.3) is 0 Å². The summed E-state index contributed by atoms with van der Waals surface area (Å²) in [4.78, 5) is 15.6. The molecule has 3 heterocycles. The Labute approximate surface area is 436 Å². The average molecular weight is 1120 g/mol. The quantitative estimate of drug-likeness (QED) is 0.161. The summed E-state index contributed by atoms with van der Waals surface area (Å²) in [6.07, 6.45) is 2.49. The van der Waals surface area contributed by atoms with Crippen LogP contribution in [-0.2, 0) is 49.1 Å². The minimum Gasteiger partial charge on any atom is -0.507 e. The van der Waals surface area contributed by atoms with Crippen molar-refractivity contribution >= 4 is 21.9 Å². The van der Waals surface area contributed by atoms with Gasteiger partial charge in [0.15, 0.2) is 0 Å². The number of rotatable bonds is 7. The van der Waals surface area contributed by atoms with Crippen LogP contribution >= 0.6 is 0 Å². The van der Waals surface area contributed by atoms with E-state index in [1.165, 1.54) is 5.56 Å². The molecule has 1 N–H and O–H groups in total. The monoisotopic (exact) mass is 1120 g/mol. The van der Waals surface area contributed by atoms with Gasteiger partial charge in [-0.2, -0.15) is 0 Å². The predicted octanol–water partition coefficient (Wildman–Crippen LogP) is 17.2. The second-order valence-corrected chi connectivity index (χ2v) is 24.6. The average Bonchev–Trinajstić information content (AvgIpc) is 3.91. The van der Waals surface area contributed by atoms with Crippen LogP contribution < -0.4 is 0 Å². The molecule has 6 nitrogen and oxygen atoms in total. The van der Waals surface area contributed by atoms with Gasteiger partial charge in [0, 0.05) is 49.9 Å². The standard InChI is InChI=1S/C64H69N4O2.Pt/c1-60(2,3)37-45-28-30-54(70-45)47-24-19-25-48-55(65-38-66-56(47)48)41-31-40(32-43(33-41)62(7,8)9)46-23-20-26-53-57(46)67-59(50-35-44(63(10,11)12)36-51(58(50)69)64(13,14)15)68(53)52-29-27-42(61(4,5)6)34-49(52)39-21-17-16-18-22-39;/h16-30,32-36,38,69H,37H2,1-15H3;/q-1;. The summed E-state index contributed by atoms with van der Waals surface area (Å²) in [5.74, 6) is 2.65. The Morgan fingerprint density at radius 3 is 1.85 bits per heavy atom. The fourth-order valence-corrected chi connectivity index (χ4v) is 9.51. The van der Waals surface area contributed by atoms with Gasteiger partial charge in [0.05, 0.1) is 27.8 Å². The molecule has 0 radical (unpaired) electrons. The predicted molar refractivity (Wildman–Crippen MR) is 292 cm³/mol. The number of imidazole rings is 1. The molecule has 9 rings (SSSR count). The Hall–Kier alpha value is -6.10. The zero-order valence-corrected chi connectivity index (χ0v) is 46.6. The number of phenols is 1. The van der Waals surface area contributed by atoms with E-state index in [-0.39, 0.29) is 53.9 Å². The van der Waals surface area contributed by atoms with Gasteiger partial charge in [-0.15, -0.1) is 29.3 Å². The Morgan fingerprint density at radius 1 is 0.549 bits per heavy atom. The first kappa shape index (κ1) is 51.3. The van der Waals surface area contributed by atoms with E-state index < -0.39 is 0 Å². The largest absolute Gasteiger partial charge is 0.507 e. The van der Waals surface area contributed by atoms with E-state index in [1.807, 2.05) is 0 Å². The summed E-state index contributed by atoms with van der Waals surface area (Å²) in [5.41, 5.74) is 14.4. The molecule has 0 aliphatic carbocycles. The molecule has 0 amide bonds. The first-order chi connectivity index (χ1) is 32.8. The van der Waals surface area contributed by atoms with Crippen LogP contribution in [0.5, 0.6) is 5.75 Å². The van der Waals surface area contributed by atoms with Crippen molar-refractivity contribution in [2.75, 3.05) is 0 Å². The van der Waals surface area contributed by atoms with Crippen LogP contribution in [0.3, 0.4) is 0 Å². The van der Waals surface area contributed by atoms with Crippen molar-refractivity contribution in [3.63, 3.8) is 0 Å². The van der Waals surface area contributed by atoms with Crippen molar-refractivity contribution in [2.45, 2.75) is 132 Å². The number of nitrogens with zero attached hydrogens (tertiary/aromatic N) is 4. The van der Waals surface area contributed by atoms with Gasteiger partial charge < -0.3 is 9.52 Å². The maximum atomic E-state index is 12.6. The Balaban J connectivity index is 0.00000676. The summed E-state index contributed by atoms with van der Waals surface area (Å²) < 4.78 is 8.74. The smallest absolute Gasteiger partial charge is 0.148 e. The maximum absolute atomic E-state index is 12.6. The maximum Gasteiger partial charge on any atom is 0.148 e. The summed E-state index contributed by atoms with van der Waals surface area (Å²) >= 11 is 0. The fraction of sp³-hybridized carbons (Fsp3) is 0.328. The number of aromatic hydroxyl groups is 1. The van der Waals surface area contributed by atoms with Gasteiger partial charge in [-0.05, 0) is 91.6 Å². The fourth-order valence-electron chi connectivity index (χ4n) is 9.51. The normalized spacial score (nSPS) is 12.7. The number of aromatic nitrogens is 4. The Kier molecular flexibility index (Phi) is 13.4. The molecule has 0 spiro atoms. The molecule has 7 heteroatoms. The molecule has 9 aromatic rings. The van der Waals surface area contributed by atoms with E-state index >= 15 is 0 Å². The van der Waals surface area contributed by atoms with Gasteiger partial charge in [-0.3, -0.25) is 9.55 Å². The molecule has 368 valence electrons. The Morgan fingerprint density at radius 2 is 1.18 bits per heavy atom.